The minimum atomic E-state index is -0.933. The van der Waals surface area contributed by atoms with Crippen molar-refractivity contribution in [1.29, 1.82) is 0 Å². The van der Waals surface area contributed by atoms with Gasteiger partial charge >= 0.3 is 0 Å². The quantitative estimate of drug-likeness (QED) is 0.538. The van der Waals surface area contributed by atoms with Gasteiger partial charge in [0, 0.05) is 12.5 Å². The third kappa shape index (κ3) is 3.12. The number of carbonyl (C=O) groups is 1. The van der Waals surface area contributed by atoms with Gasteiger partial charge in [-0.1, -0.05) is 0 Å². The second-order valence-electron chi connectivity index (χ2n) is 2.73. The SMILES string of the molecule is O=CCCCOc1ccc(F)c(F)c1. The first-order valence-electron chi connectivity index (χ1n) is 4.25. The third-order valence-electron chi connectivity index (χ3n) is 1.63. The van der Waals surface area contributed by atoms with E-state index in [1.54, 1.807) is 0 Å². The van der Waals surface area contributed by atoms with Crippen molar-refractivity contribution in [3.8, 4) is 5.75 Å². The summed E-state index contributed by atoms with van der Waals surface area (Å²) >= 11 is 0. The zero-order chi connectivity index (χ0) is 10.4. The van der Waals surface area contributed by atoms with Gasteiger partial charge in [0.25, 0.3) is 0 Å². The second kappa shape index (κ2) is 5.32. The summed E-state index contributed by atoms with van der Waals surface area (Å²) in [5, 5.41) is 0. The molecule has 0 amide bonds. The van der Waals surface area contributed by atoms with E-state index >= 15 is 0 Å². The predicted octanol–water partition coefficient (Wildman–Crippen LogP) is 2.32. The Hall–Kier alpha value is -1.45. The smallest absolute Gasteiger partial charge is 0.162 e. The maximum Gasteiger partial charge on any atom is 0.162 e. The Morgan fingerprint density at radius 3 is 2.71 bits per heavy atom. The lowest BCUT2D eigenvalue weighted by Crippen LogP contribution is -1.98. The summed E-state index contributed by atoms with van der Waals surface area (Å²) in [5.41, 5.74) is 0. The second-order valence-corrected chi connectivity index (χ2v) is 2.73. The van der Waals surface area contributed by atoms with Gasteiger partial charge in [-0.25, -0.2) is 8.78 Å². The molecule has 0 atom stereocenters. The van der Waals surface area contributed by atoms with Crippen LogP contribution in [0.1, 0.15) is 12.8 Å². The molecule has 76 valence electrons. The molecule has 14 heavy (non-hydrogen) atoms. The maximum absolute atomic E-state index is 12.6. The van der Waals surface area contributed by atoms with Gasteiger partial charge in [0.1, 0.15) is 12.0 Å². The van der Waals surface area contributed by atoms with Crippen molar-refractivity contribution in [3.63, 3.8) is 0 Å². The first kappa shape index (κ1) is 10.6. The Labute approximate surface area is 80.5 Å². The summed E-state index contributed by atoms with van der Waals surface area (Å²) < 4.78 is 30.2. The Morgan fingerprint density at radius 2 is 2.07 bits per heavy atom. The minimum absolute atomic E-state index is 0.273. The highest BCUT2D eigenvalue weighted by Gasteiger charge is 2.02. The fourth-order valence-electron chi connectivity index (χ4n) is 0.923. The van der Waals surface area contributed by atoms with E-state index in [-0.39, 0.29) is 5.75 Å². The molecule has 2 nitrogen and oxygen atoms in total. The molecule has 1 aromatic rings. The van der Waals surface area contributed by atoms with Crippen molar-refractivity contribution in [2.24, 2.45) is 0 Å². The van der Waals surface area contributed by atoms with E-state index in [0.717, 1.165) is 18.4 Å². The summed E-state index contributed by atoms with van der Waals surface area (Å²) in [6, 6.07) is 3.33. The van der Waals surface area contributed by atoms with Gasteiger partial charge in [-0.2, -0.15) is 0 Å². The summed E-state index contributed by atoms with van der Waals surface area (Å²) in [5.74, 6) is -1.56. The lowest BCUT2D eigenvalue weighted by molar-refractivity contribution is -0.108. The molecule has 1 aromatic carbocycles. The van der Waals surface area contributed by atoms with Crippen LogP contribution >= 0.6 is 0 Å². The summed E-state index contributed by atoms with van der Waals surface area (Å²) in [4.78, 5) is 9.95. The van der Waals surface area contributed by atoms with Crippen LogP contribution in [-0.4, -0.2) is 12.9 Å². The number of hydrogen-bond donors (Lipinski definition) is 0. The van der Waals surface area contributed by atoms with Gasteiger partial charge in [0.15, 0.2) is 11.6 Å². The normalized spacial score (nSPS) is 9.86. The fourth-order valence-corrected chi connectivity index (χ4v) is 0.923. The molecule has 0 aromatic heterocycles. The molecule has 1 rings (SSSR count). The van der Waals surface area contributed by atoms with Crippen molar-refractivity contribution >= 4 is 6.29 Å². The van der Waals surface area contributed by atoms with Crippen molar-refractivity contribution in [2.45, 2.75) is 12.8 Å². The molecule has 0 unspecified atom stereocenters. The lowest BCUT2D eigenvalue weighted by atomic mass is 10.3. The zero-order valence-electron chi connectivity index (χ0n) is 7.50. The van der Waals surface area contributed by atoms with Crippen LogP contribution in [0.4, 0.5) is 8.78 Å². The molecule has 0 fully saturated rings. The molecule has 0 heterocycles. The molecule has 0 bridgehead atoms. The molecule has 0 saturated carbocycles. The molecule has 4 heteroatoms. The highest BCUT2D eigenvalue weighted by molar-refractivity contribution is 5.48. The molecule has 0 radical (unpaired) electrons. The molecule has 0 aliphatic heterocycles. The first-order valence-corrected chi connectivity index (χ1v) is 4.25. The third-order valence-corrected chi connectivity index (χ3v) is 1.63. The van der Waals surface area contributed by atoms with E-state index in [1.807, 2.05) is 0 Å². The van der Waals surface area contributed by atoms with Gasteiger partial charge in [-0.05, 0) is 18.6 Å². The average molecular weight is 200 g/mol. The topological polar surface area (TPSA) is 26.3 Å². The van der Waals surface area contributed by atoms with Crippen LogP contribution in [-0.2, 0) is 4.79 Å². The molecule has 0 N–H and O–H groups in total. The molecule has 0 aliphatic rings. The zero-order valence-corrected chi connectivity index (χ0v) is 7.50. The molecular formula is C10H10F2O2. The average Bonchev–Trinajstić information content (AvgIpc) is 2.18. The van der Waals surface area contributed by atoms with E-state index in [0.29, 0.717) is 19.4 Å². The lowest BCUT2D eigenvalue weighted by Gasteiger charge is -2.04. The molecule has 0 spiro atoms. The van der Waals surface area contributed by atoms with Crippen molar-refractivity contribution < 1.29 is 18.3 Å². The predicted molar refractivity (Wildman–Crippen MR) is 47.2 cm³/mol. The summed E-state index contributed by atoms with van der Waals surface area (Å²) in [6.45, 7) is 0.323. The number of unbranched alkanes of at least 4 members (excludes halogenated alkanes) is 1. The van der Waals surface area contributed by atoms with Gasteiger partial charge in [0.05, 0.1) is 6.61 Å². The number of carbonyl (C=O) groups excluding carboxylic acids is 1. The summed E-state index contributed by atoms with van der Waals surface area (Å²) in [6.07, 6.45) is 1.76. The van der Waals surface area contributed by atoms with Crippen LogP contribution in [0.2, 0.25) is 0 Å². The fraction of sp³-hybridized carbons (Fsp3) is 0.300. The van der Waals surface area contributed by atoms with Crippen molar-refractivity contribution in [1.82, 2.24) is 0 Å². The number of benzene rings is 1. The standard InChI is InChI=1S/C10H10F2O2/c11-9-4-3-8(7-10(9)12)14-6-2-1-5-13/h3-5,7H,1-2,6H2. The molecule has 0 aliphatic carbocycles. The van der Waals surface area contributed by atoms with Crippen LogP contribution in [0.25, 0.3) is 0 Å². The number of halogens is 2. The number of hydrogen-bond acceptors (Lipinski definition) is 2. The Balaban J connectivity index is 2.43. The Morgan fingerprint density at radius 1 is 1.29 bits per heavy atom. The molecule has 0 saturated heterocycles. The van der Waals surface area contributed by atoms with Crippen LogP contribution in [0.3, 0.4) is 0 Å². The van der Waals surface area contributed by atoms with Crippen molar-refractivity contribution in [2.75, 3.05) is 6.61 Å². The van der Waals surface area contributed by atoms with Crippen LogP contribution in [0.15, 0.2) is 18.2 Å². The van der Waals surface area contributed by atoms with Crippen LogP contribution in [0, 0.1) is 11.6 Å². The number of rotatable bonds is 5. The van der Waals surface area contributed by atoms with Crippen LogP contribution in [0.5, 0.6) is 5.75 Å². The Kier molecular flexibility index (Phi) is 4.04. The highest BCUT2D eigenvalue weighted by Crippen LogP contribution is 2.15. The van der Waals surface area contributed by atoms with E-state index in [2.05, 4.69) is 0 Å². The largest absolute Gasteiger partial charge is 0.493 e. The van der Waals surface area contributed by atoms with Crippen molar-refractivity contribution in [3.05, 3.63) is 29.8 Å². The summed E-state index contributed by atoms with van der Waals surface area (Å²) in [7, 11) is 0. The van der Waals surface area contributed by atoms with E-state index in [4.69, 9.17) is 4.74 Å². The number of aldehydes is 1. The number of ether oxygens (including phenoxy) is 1. The van der Waals surface area contributed by atoms with E-state index in [1.165, 1.54) is 6.07 Å². The van der Waals surface area contributed by atoms with Gasteiger partial charge < -0.3 is 9.53 Å². The Bertz CT molecular complexity index is 313. The van der Waals surface area contributed by atoms with Gasteiger partial charge in [-0.15, -0.1) is 0 Å². The van der Waals surface area contributed by atoms with Gasteiger partial charge in [0.2, 0.25) is 0 Å². The maximum atomic E-state index is 12.6. The van der Waals surface area contributed by atoms with E-state index in [9.17, 15) is 13.6 Å². The monoisotopic (exact) mass is 200 g/mol. The highest BCUT2D eigenvalue weighted by atomic mass is 19.2. The van der Waals surface area contributed by atoms with E-state index < -0.39 is 11.6 Å². The minimum Gasteiger partial charge on any atom is -0.493 e. The van der Waals surface area contributed by atoms with Gasteiger partial charge in [-0.3, -0.25) is 0 Å². The van der Waals surface area contributed by atoms with Crippen LogP contribution < -0.4 is 4.74 Å². The first-order chi connectivity index (χ1) is 6.74. The molecular weight excluding hydrogens is 190 g/mol.